The third kappa shape index (κ3) is 4.16. The van der Waals surface area contributed by atoms with Crippen molar-refractivity contribution in [3.8, 4) is 0 Å². The van der Waals surface area contributed by atoms with Crippen molar-refractivity contribution in [3.63, 3.8) is 0 Å². The fourth-order valence-electron chi connectivity index (χ4n) is 2.52. The highest BCUT2D eigenvalue weighted by Gasteiger charge is 2.26. The van der Waals surface area contributed by atoms with Crippen molar-refractivity contribution in [2.75, 3.05) is 0 Å². The number of hydrogen-bond acceptors (Lipinski definition) is 3. The number of halogens is 1. The van der Waals surface area contributed by atoms with Gasteiger partial charge in [-0.3, -0.25) is 0 Å². The number of benzene rings is 1. The van der Waals surface area contributed by atoms with Crippen molar-refractivity contribution in [3.05, 3.63) is 28.8 Å². The van der Waals surface area contributed by atoms with Crippen molar-refractivity contribution >= 4 is 38.8 Å². The lowest BCUT2D eigenvalue weighted by Gasteiger charge is -2.26. The molecule has 0 atom stereocenters. The van der Waals surface area contributed by atoms with Crippen molar-refractivity contribution in [1.29, 1.82) is 0 Å². The summed E-state index contributed by atoms with van der Waals surface area (Å²) in [6, 6.07) is 4.52. The Labute approximate surface area is 136 Å². The molecule has 0 saturated heterocycles. The van der Waals surface area contributed by atoms with Gasteiger partial charge in [-0.2, -0.15) is 0 Å². The van der Waals surface area contributed by atoms with Crippen LogP contribution in [-0.4, -0.2) is 19.4 Å². The zero-order valence-electron chi connectivity index (χ0n) is 11.8. The molecule has 0 bridgehead atoms. The molecule has 1 saturated carbocycles. The summed E-state index contributed by atoms with van der Waals surface area (Å²) in [5, 5.41) is 0.173. The number of nitrogens with two attached hydrogens (primary N) is 1. The summed E-state index contributed by atoms with van der Waals surface area (Å²) >= 11 is 10.9. The summed E-state index contributed by atoms with van der Waals surface area (Å²) in [5.41, 5.74) is 6.04. The lowest BCUT2D eigenvalue weighted by Crippen LogP contribution is -2.37. The number of sulfonamides is 1. The van der Waals surface area contributed by atoms with Gasteiger partial charge in [-0.25, -0.2) is 13.1 Å². The fraction of sp³-hybridized carbons (Fsp3) is 0.500. The summed E-state index contributed by atoms with van der Waals surface area (Å²) in [6.45, 7) is 2.19. The molecule has 0 aromatic heterocycles. The summed E-state index contributed by atoms with van der Waals surface area (Å²) in [4.78, 5) is 0.183. The van der Waals surface area contributed by atoms with Crippen molar-refractivity contribution in [2.45, 2.75) is 43.5 Å². The van der Waals surface area contributed by atoms with E-state index in [-0.39, 0.29) is 20.9 Å². The molecule has 1 fully saturated rings. The average molecular weight is 347 g/mol. The first-order valence-electron chi connectivity index (χ1n) is 6.91. The Kier molecular flexibility index (Phi) is 5.24. The van der Waals surface area contributed by atoms with Crippen LogP contribution in [0.3, 0.4) is 0 Å². The van der Waals surface area contributed by atoms with E-state index >= 15 is 0 Å². The van der Waals surface area contributed by atoms with Crippen LogP contribution in [0.25, 0.3) is 0 Å². The largest absolute Gasteiger partial charge is 0.389 e. The van der Waals surface area contributed by atoms with Crippen LogP contribution in [0.2, 0.25) is 5.02 Å². The molecular weight excluding hydrogens is 328 g/mol. The highest BCUT2D eigenvalue weighted by atomic mass is 35.5. The van der Waals surface area contributed by atoms with Gasteiger partial charge in [0.25, 0.3) is 0 Å². The van der Waals surface area contributed by atoms with Gasteiger partial charge in [-0.05, 0) is 43.7 Å². The molecule has 116 valence electrons. The molecule has 0 amide bonds. The van der Waals surface area contributed by atoms with Gasteiger partial charge in [-0.1, -0.05) is 36.8 Å². The van der Waals surface area contributed by atoms with Crippen LogP contribution in [0.15, 0.2) is 23.1 Å². The quantitative estimate of drug-likeness (QED) is 0.822. The molecule has 4 nitrogen and oxygen atoms in total. The Morgan fingerprint density at radius 3 is 2.52 bits per heavy atom. The Morgan fingerprint density at radius 1 is 1.33 bits per heavy atom. The van der Waals surface area contributed by atoms with E-state index in [0.29, 0.717) is 11.5 Å². The third-order valence-corrected chi connectivity index (χ3v) is 6.08. The first-order chi connectivity index (χ1) is 9.79. The predicted molar refractivity (Wildman–Crippen MR) is 89.1 cm³/mol. The van der Waals surface area contributed by atoms with Crippen molar-refractivity contribution in [1.82, 2.24) is 4.72 Å². The van der Waals surface area contributed by atoms with Crippen molar-refractivity contribution in [2.24, 2.45) is 11.7 Å². The van der Waals surface area contributed by atoms with Gasteiger partial charge in [-0.15, -0.1) is 0 Å². The third-order valence-electron chi connectivity index (χ3n) is 3.84. The smallest absolute Gasteiger partial charge is 0.242 e. The van der Waals surface area contributed by atoms with E-state index in [1.54, 1.807) is 6.07 Å². The number of nitrogens with one attached hydrogen (secondary N) is 1. The second-order valence-electron chi connectivity index (χ2n) is 5.59. The molecule has 0 unspecified atom stereocenters. The van der Waals surface area contributed by atoms with E-state index in [2.05, 4.69) is 11.6 Å². The molecule has 7 heteroatoms. The Bertz CT molecular complexity index is 638. The molecule has 2 rings (SSSR count). The summed E-state index contributed by atoms with van der Waals surface area (Å²) in [7, 11) is -3.66. The molecule has 0 radical (unpaired) electrons. The molecular formula is C14H19ClN2O2S2. The fourth-order valence-corrected chi connectivity index (χ4v) is 4.48. The predicted octanol–water partition coefficient (Wildman–Crippen LogP) is 2.83. The van der Waals surface area contributed by atoms with Gasteiger partial charge in [0.15, 0.2) is 0 Å². The van der Waals surface area contributed by atoms with Crippen LogP contribution in [0.4, 0.5) is 0 Å². The molecule has 0 aliphatic heterocycles. The Morgan fingerprint density at radius 2 is 1.95 bits per heavy atom. The highest BCUT2D eigenvalue weighted by molar-refractivity contribution is 7.89. The minimum absolute atomic E-state index is 0.0317. The zero-order valence-corrected chi connectivity index (χ0v) is 14.2. The lowest BCUT2D eigenvalue weighted by molar-refractivity contribution is 0.332. The zero-order chi connectivity index (χ0) is 15.6. The van der Waals surface area contributed by atoms with Gasteiger partial charge in [0.2, 0.25) is 10.0 Å². The van der Waals surface area contributed by atoms with Crippen LogP contribution < -0.4 is 10.5 Å². The summed E-state index contributed by atoms with van der Waals surface area (Å²) < 4.78 is 27.7. The number of thiocarbonyl (C=S) groups is 1. The van der Waals surface area contributed by atoms with Gasteiger partial charge in [0.1, 0.15) is 9.88 Å². The normalized spacial score (nSPS) is 23.0. The first kappa shape index (κ1) is 16.7. The molecule has 1 aliphatic rings. The van der Waals surface area contributed by atoms with Crippen LogP contribution in [0.5, 0.6) is 0 Å². The van der Waals surface area contributed by atoms with E-state index in [1.807, 2.05) is 0 Å². The summed E-state index contributed by atoms with van der Waals surface area (Å²) in [5.74, 6) is 0.660. The maximum atomic E-state index is 12.5. The van der Waals surface area contributed by atoms with Gasteiger partial charge < -0.3 is 5.73 Å². The highest BCUT2D eigenvalue weighted by Crippen LogP contribution is 2.27. The standard InChI is InChI=1S/C14H19ClN2O2S2/c1-9-2-5-11(6-3-9)17-21(18,19)13-8-10(14(16)20)4-7-12(13)15/h4,7-9,11,17H,2-3,5-6H2,1H3,(H2,16,20). The van der Waals surface area contributed by atoms with Gasteiger partial charge in [0, 0.05) is 11.6 Å². The maximum absolute atomic E-state index is 12.5. The van der Waals surface area contributed by atoms with E-state index in [9.17, 15) is 8.42 Å². The average Bonchev–Trinajstić information content (AvgIpc) is 2.41. The Balaban J connectivity index is 2.23. The number of hydrogen-bond donors (Lipinski definition) is 2. The molecule has 0 spiro atoms. The monoisotopic (exact) mass is 346 g/mol. The minimum Gasteiger partial charge on any atom is -0.389 e. The topological polar surface area (TPSA) is 72.2 Å². The van der Waals surface area contributed by atoms with Crippen LogP contribution in [0.1, 0.15) is 38.2 Å². The van der Waals surface area contributed by atoms with Crippen LogP contribution >= 0.6 is 23.8 Å². The van der Waals surface area contributed by atoms with Crippen LogP contribution in [-0.2, 0) is 10.0 Å². The number of rotatable bonds is 4. The molecule has 0 heterocycles. The Hall–Kier alpha value is -0.690. The molecule has 1 aromatic rings. The van der Waals surface area contributed by atoms with E-state index in [1.165, 1.54) is 12.1 Å². The lowest BCUT2D eigenvalue weighted by atomic mass is 9.88. The van der Waals surface area contributed by atoms with Gasteiger partial charge >= 0.3 is 0 Å². The first-order valence-corrected chi connectivity index (χ1v) is 9.18. The maximum Gasteiger partial charge on any atom is 0.242 e. The second-order valence-corrected chi connectivity index (χ2v) is 8.12. The molecule has 21 heavy (non-hydrogen) atoms. The molecule has 1 aliphatic carbocycles. The van der Waals surface area contributed by atoms with E-state index in [4.69, 9.17) is 29.6 Å². The molecule has 1 aromatic carbocycles. The SMILES string of the molecule is CC1CCC(NS(=O)(=O)c2cc(C(N)=S)ccc2Cl)CC1. The van der Waals surface area contributed by atoms with Crippen molar-refractivity contribution < 1.29 is 8.42 Å². The molecule has 3 N–H and O–H groups in total. The van der Waals surface area contributed by atoms with E-state index < -0.39 is 10.0 Å². The second kappa shape index (κ2) is 6.60. The van der Waals surface area contributed by atoms with Gasteiger partial charge in [0.05, 0.1) is 5.02 Å². The summed E-state index contributed by atoms with van der Waals surface area (Å²) in [6.07, 6.45) is 3.78. The minimum atomic E-state index is -3.66. The van der Waals surface area contributed by atoms with E-state index in [0.717, 1.165) is 25.7 Å². The van der Waals surface area contributed by atoms with Crippen LogP contribution in [0, 0.1) is 5.92 Å².